The second kappa shape index (κ2) is 6.54. The van der Waals surface area contributed by atoms with Gasteiger partial charge in [0.15, 0.2) is 0 Å². The molecule has 1 N–H and O–H groups in total. The van der Waals surface area contributed by atoms with Crippen LogP contribution < -0.4 is 10.2 Å². The van der Waals surface area contributed by atoms with Crippen molar-refractivity contribution in [3.8, 4) is 0 Å². The van der Waals surface area contributed by atoms with Crippen LogP contribution in [-0.2, 0) is 17.3 Å². The maximum atomic E-state index is 11.5. The Bertz CT molecular complexity index is 649. The minimum Gasteiger partial charge on any atom is -0.354 e. The van der Waals surface area contributed by atoms with Gasteiger partial charge >= 0.3 is 0 Å². The molecule has 0 saturated carbocycles. The molecule has 2 heterocycles. The van der Waals surface area contributed by atoms with E-state index in [9.17, 15) is 4.21 Å². The number of fused-ring (bicyclic) bond motifs is 1. The van der Waals surface area contributed by atoms with Gasteiger partial charge in [-0.05, 0) is 17.5 Å². The summed E-state index contributed by atoms with van der Waals surface area (Å²) in [6.45, 7) is 5.56. The van der Waals surface area contributed by atoms with Crippen molar-refractivity contribution in [3.63, 3.8) is 0 Å². The van der Waals surface area contributed by atoms with Crippen LogP contribution in [0.15, 0.2) is 30.5 Å². The van der Waals surface area contributed by atoms with Gasteiger partial charge < -0.3 is 10.2 Å². The Morgan fingerprint density at radius 2 is 1.95 bits per heavy atom. The number of pyridine rings is 1. The van der Waals surface area contributed by atoms with Crippen molar-refractivity contribution < 1.29 is 4.21 Å². The molecule has 0 unspecified atom stereocenters. The molecular formula is C16H21N3OS. The van der Waals surface area contributed by atoms with Gasteiger partial charge in [0.1, 0.15) is 5.82 Å². The van der Waals surface area contributed by atoms with Crippen LogP contribution in [-0.4, -0.2) is 40.3 Å². The van der Waals surface area contributed by atoms with Gasteiger partial charge in [0, 0.05) is 53.5 Å². The van der Waals surface area contributed by atoms with E-state index in [1.807, 2.05) is 6.20 Å². The molecule has 1 fully saturated rings. The number of hydrogen-bond acceptors (Lipinski definition) is 4. The van der Waals surface area contributed by atoms with Crippen LogP contribution in [0, 0.1) is 0 Å². The second-order valence-corrected chi connectivity index (χ2v) is 6.96. The van der Waals surface area contributed by atoms with Gasteiger partial charge in [0.25, 0.3) is 0 Å². The van der Waals surface area contributed by atoms with Gasteiger partial charge in [0.05, 0.1) is 0 Å². The number of nitrogens with zero attached hydrogens (tertiary/aromatic N) is 2. The molecule has 1 aliphatic rings. The third-order valence-electron chi connectivity index (χ3n) is 3.90. The summed E-state index contributed by atoms with van der Waals surface area (Å²) in [5.41, 5.74) is 1.23. The third kappa shape index (κ3) is 3.09. The highest BCUT2D eigenvalue weighted by Gasteiger charge is 2.19. The summed E-state index contributed by atoms with van der Waals surface area (Å²) in [5, 5.41) is 5.82. The van der Waals surface area contributed by atoms with Gasteiger partial charge in [0.2, 0.25) is 0 Å². The highest BCUT2D eigenvalue weighted by atomic mass is 32.2. The number of anilines is 1. The lowest BCUT2D eigenvalue weighted by Gasteiger charge is -2.28. The van der Waals surface area contributed by atoms with Crippen LogP contribution in [0.1, 0.15) is 12.5 Å². The predicted molar refractivity (Wildman–Crippen MR) is 89.2 cm³/mol. The van der Waals surface area contributed by atoms with Crippen molar-refractivity contribution in [1.82, 2.24) is 10.3 Å². The Labute approximate surface area is 128 Å². The summed E-state index contributed by atoms with van der Waals surface area (Å²) < 4.78 is 11.5. The fourth-order valence-corrected chi connectivity index (χ4v) is 3.79. The number of aromatic nitrogens is 1. The van der Waals surface area contributed by atoms with Crippen LogP contribution in [0.25, 0.3) is 10.8 Å². The molecular weight excluding hydrogens is 282 g/mol. The average Bonchev–Trinajstić information content (AvgIpc) is 2.53. The van der Waals surface area contributed by atoms with E-state index >= 15 is 0 Å². The summed E-state index contributed by atoms with van der Waals surface area (Å²) in [6, 6.07) is 8.44. The van der Waals surface area contributed by atoms with Gasteiger partial charge in [-0.15, -0.1) is 0 Å². The lowest BCUT2D eigenvalue weighted by atomic mass is 10.1. The van der Waals surface area contributed by atoms with Crippen molar-refractivity contribution in [2.75, 3.05) is 36.0 Å². The fourth-order valence-electron chi connectivity index (χ4n) is 2.74. The van der Waals surface area contributed by atoms with E-state index in [1.54, 1.807) is 0 Å². The molecule has 0 aliphatic carbocycles. The molecule has 1 saturated heterocycles. The van der Waals surface area contributed by atoms with E-state index in [1.165, 1.54) is 16.3 Å². The minimum absolute atomic E-state index is 0.657. The number of rotatable bonds is 4. The summed E-state index contributed by atoms with van der Waals surface area (Å²) in [4.78, 5) is 6.96. The molecule has 3 rings (SSSR count). The monoisotopic (exact) mass is 303 g/mol. The summed E-state index contributed by atoms with van der Waals surface area (Å²) in [6.07, 6.45) is 1.98. The third-order valence-corrected chi connectivity index (χ3v) is 5.18. The predicted octanol–water partition coefficient (Wildman–Crippen LogP) is 1.91. The molecule has 1 aromatic carbocycles. The van der Waals surface area contributed by atoms with E-state index in [-0.39, 0.29) is 0 Å². The first-order chi connectivity index (χ1) is 10.3. The zero-order chi connectivity index (χ0) is 14.7. The smallest absolute Gasteiger partial charge is 0.136 e. The van der Waals surface area contributed by atoms with Crippen molar-refractivity contribution in [1.29, 1.82) is 0 Å². The molecule has 5 heteroatoms. The first-order valence-corrected chi connectivity index (χ1v) is 8.95. The average molecular weight is 303 g/mol. The molecule has 0 radical (unpaired) electrons. The van der Waals surface area contributed by atoms with Crippen molar-refractivity contribution in [3.05, 3.63) is 36.0 Å². The lowest BCUT2D eigenvalue weighted by Crippen LogP contribution is -2.38. The second-order valence-electron chi connectivity index (χ2n) is 5.27. The highest BCUT2D eigenvalue weighted by Crippen LogP contribution is 2.27. The van der Waals surface area contributed by atoms with Crippen LogP contribution in [0.4, 0.5) is 5.82 Å². The molecule has 0 atom stereocenters. The SMILES string of the molecule is CCNCc1cnc(N2CCS(=O)CC2)c2ccccc12. The van der Waals surface area contributed by atoms with Crippen molar-refractivity contribution >= 4 is 27.4 Å². The van der Waals surface area contributed by atoms with Crippen LogP contribution in [0.5, 0.6) is 0 Å². The molecule has 1 aromatic heterocycles. The minimum atomic E-state index is -0.657. The topological polar surface area (TPSA) is 45.2 Å². The van der Waals surface area contributed by atoms with Gasteiger partial charge in [-0.3, -0.25) is 4.21 Å². The molecule has 4 nitrogen and oxygen atoms in total. The summed E-state index contributed by atoms with van der Waals surface area (Å²) in [7, 11) is -0.657. The Morgan fingerprint density at radius 3 is 2.67 bits per heavy atom. The molecule has 0 spiro atoms. The van der Waals surface area contributed by atoms with Crippen molar-refractivity contribution in [2.24, 2.45) is 0 Å². The first-order valence-electron chi connectivity index (χ1n) is 7.47. The molecule has 0 amide bonds. The van der Waals surface area contributed by atoms with Crippen LogP contribution in [0.3, 0.4) is 0 Å². The van der Waals surface area contributed by atoms with Gasteiger partial charge in [-0.2, -0.15) is 0 Å². The Morgan fingerprint density at radius 1 is 1.24 bits per heavy atom. The highest BCUT2D eigenvalue weighted by molar-refractivity contribution is 7.85. The largest absolute Gasteiger partial charge is 0.354 e. The maximum absolute atomic E-state index is 11.5. The molecule has 21 heavy (non-hydrogen) atoms. The van der Waals surface area contributed by atoms with Crippen molar-refractivity contribution in [2.45, 2.75) is 13.5 Å². The van der Waals surface area contributed by atoms with E-state index in [0.29, 0.717) is 0 Å². The summed E-state index contributed by atoms with van der Waals surface area (Å²) >= 11 is 0. The number of nitrogens with one attached hydrogen (secondary N) is 1. The van der Waals surface area contributed by atoms with Gasteiger partial charge in [-0.25, -0.2) is 4.98 Å². The summed E-state index contributed by atoms with van der Waals surface area (Å²) in [5.74, 6) is 2.52. The first kappa shape index (κ1) is 14.5. The standard InChI is InChI=1S/C16H21N3OS/c1-2-17-11-13-12-18-16(15-6-4-3-5-14(13)15)19-7-9-21(20)10-8-19/h3-6,12,17H,2,7-11H2,1H3. The zero-order valence-corrected chi connectivity index (χ0v) is 13.2. The van der Waals surface area contributed by atoms with E-state index < -0.39 is 10.8 Å². The Kier molecular flexibility index (Phi) is 4.51. The van der Waals surface area contributed by atoms with Crippen LogP contribution in [0.2, 0.25) is 0 Å². The molecule has 1 aliphatic heterocycles. The Balaban J connectivity index is 1.98. The molecule has 2 aromatic rings. The normalized spacial score (nSPS) is 16.5. The van der Waals surface area contributed by atoms with E-state index in [2.05, 4.69) is 41.4 Å². The maximum Gasteiger partial charge on any atom is 0.136 e. The quantitative estimate of drug-likeness (QED) is 0.937. The zero-order valence-electron chi connectivity index (χ0n) is 12.3. The van der Waals surface area contributed by atoms with Crippen LogP contribution >= 0.6 is 0 Å². The molecule has 112 valence electrons. The van der Waals surface area contributed by atoms with E-state index in [0.717, 1.165) is 43.5 Å². The number of benzene rings is 1. The molecule has 0 bridgehead atoms. The number of hydrogen-bond donors (Lipinski definition) is 1. The fraction of sp³-hybridized carbons (Fsp3) is 0.438. The van der Waals surface area contributed by atoms with E-state index in [4.69, 9.17) is 4.98 Å². The Hall–Kier alpha value is -1.46. The lowest BCUT2D eigenvalue weighted by molar-refractivity contribution is 0.672. The van der Waals surface area contributed by atoms with Gasteiger partial charge in [-0.1, -0.05) is 31.2 Å².